The van der Waals surface area contributed by atoms with Crippen LogP contribution in [0.1, 0.15) is 36.8 Å². The zero-order valence-electron chi connectivity index (χ0n) is 17.6. The van der Waals surface area contributed by atoms with Gasteiger partial charge in [0, 0.05) is 5.39 Å². The number of para-hydroxylation sites is 1. The summed E-state index contributed by atoms with van der Waals surface area (Å²) in [6.45, 7) is 5.70. The predicted octanol–water partition coefficient (Wildman–Crippen LogP) is 3.01. The number of rotatable bonds is 6. The molecule has 2 aromatic carbocycles. The minimum atomic E-state index is -0.852. The van der Waals surface area contributed by atoms with E-state index in [0.29, 0.717) is 11.9 Å². The molecule has 0 aliphatic carbocycles. The van der Waals surface area contributed by atoms with Crippen LogP contribution in [0.15, 0.2) is 48.5 Å². The fraction of sp³-hybridized carbons (Fsp3) is 0.304. The highest BCUT2D eigenvalue weighted by Gasteiger charge is 2.33. The Morgan fingerprint density at radius 2 is 1.84 bits per heavy atom. The van der Waals surface area contributed by atoms with Crippen LogP contribution in [-0.2, 0) is 11.3 Å². The molecular formula is C23H24FN5O2. The van der Waals surface area contributed by atoms with Crippen LogP contribution >= 0.6 is 0 Å². The summed E-state index contributed by atoms with van der Waals surface area (Å²) in [5.74, 6) is -1.24. The first-order valence-corrected chi connectivity index (χ1v) is 9.86. The van der Waals surface area contributed by atoms with Gasteiger partial charge in [0.1, 0.15) is 18.4 Å². The van der Waals surface area contributed by atoms with Gasteiger partial charge in [0.05, 0.1) is 18.1 Å². The van der Waals surface area contributed by atoms with Gasteiger partial charge in [-0.15, -0.1) is 0 Å². The molecule has 1 heterocycles. The van der Waals surface area contributed by atoms with Gasteiger partial charge in [0.15, 0.2) is 5.69 Å². The van der Waals surface area contributed by atoms with Crippen molar-refractivity contribution < 1.29 is 14.0 Å². The molecule has 0 aliphatic rings. The largest absolute Gasteiger partial charge is 0.341 e. The molecule has 8 heteroatoms. The van der Waals surface area contributed by atoms with Crippen molar-refractivity contribution in [1.29, 1.82) is 5.26 Å². The van der Waals surface area contributed by atoms with Gasteiger partial charge in [-0.3, -0.25) is 14.3 Å². The molecule has 0 fully saturated rings. The molecule has 1 atom stereocenters. The van der Waals surface area contributed by atoms with Gasteiger partial charge in [-0.2, -0.15) is 10.4 Å². The second kappa shape index (κ2) is 8.96. The molecule has 0 bridgehead atoms. The molecule has 3 rings (SSSR count). The minimum absolute atomic E-state index is 0.142. The van der Waals surface area contributed by atoms with Crippen molar-refractivity contribution in [3.8, 4) is 6.07 Å². The van der Waals surface area contributed by atoms with Gasteiger partial charge < -0.3 is 10.6 Å². The summed E-state index contributed by atoms with van der Waals surface area (Å²) in [5.41, 5.74) is 1.20. The van der Waals surface area contributed by atoms with Crippen molar-refractivity contribution in [2.75, 3.05) is 6.54 Å². The number of nitrogens with zero attached hydrogens (tertiary/aromatic N) is 3. The lowest BCUT2D eigenvalue weighted by molar-refractivity contribution is -0.125. The zero-order chi connectivity index (χ0) is 22.6. The highest BCUT2D eigenvalue weighted by molar-refractivity contribution is 6.06. The highest BCUT2D eigenvalue weighted by atomic mass is 19.1. The van der Waals surface area contributed by atoms with Crippen LogP contribution in [0.4, 0.5) is 4.39 Å². The molecule has 0 radical (unpaired) electrons. The maximum absolute atomic E-state index is 13.2. The number of carbonyl (C=O) groups is 2. The second-order valence-electron chi connectivity index (χ2n) is 8.30. The molecule has 0 saturated heterocycles. The van der Waals surface area contributed by atoms with Gasteiger partial charge >= 0.3 is 0 Å². The molecular weight excluding hydrogens is 397 g/mol. The lowest BCUT2D eigenvalue weighted by Crippen LogP contribution is -2.53. The summed E-state index contributed by atoms with van der Waals surface area (Å²) < 4.78 is 14.9. The molecule has 2 N–H and O–H groups in total. The molecule has 7 nitrogen and oxygen atoms in total. The lowest BCUT2D eigenvalue weighted by atomic mass is 9.86. The first kappa shape index (κ1) is 22.0. The third-order valence-electron chi connectivity index (χ3n) is 4.86. The van der Waals surface area contributed by atoms with Crippen molar-refractivity contribution in [1.82, 2.24) is 20.4 Å². The molecule has 1 aromatic heterocycles. The van der Waals surface area contributed by atoms with Gasteiger partial charge in [-0.25, -0.2) is 4.39 Å². The zero-order valence-corrected chi connectivity index (χ0v) is 17.6. The SMILES string of the molecule is CC(C)(C)[C@H](NC(=O)c1nn(Cc2ccc(F)cc2)c2ccccc12)C(=O)NCC#N. The van der Waals surface area contributed by atoms with E-state index in [2.05, 4.69) is 15.7 Å². The Labute approximate surface area is 179 Å². The summed E-state index contributed by atoms with van der Waals surface area (Å²) in [6.07, 6.45) is 0. The molecule has 3 aromatic rings. The monoisotopic (exact) mass is 421 g/mol. The number of benzene rings is 2. The van der Waals surface area contributed by atoms with Gasteiger partial charge in [-0.1, -0.05) is 51.1 Å². The van der Waals surface area contributed by atoms with Crippen molar-refractivity contribution >= 4 is 22.7 Å². The number of fused-ring (bicyclic) bond motifs is 1. The number of nitrogens with one attached hydrogen (secondary N) is 2. The van der Waals surface area contributed by atoms with Crippen LogP contribution < -0.4 is 10.6 Å². The molecule has 0 spiro atoms. The second-order valence-corrected chi connectivity index (χ2v) is 8.30. The van der Waals surface area contributed by atoms with Crippen LogP contribution in [-0.4, -0.2) is 34.2 Å². The number of carbonyl (C=O) groups excluding carboxylic acids is 2. The average Bonchev–Trinajstić information content (AvgIpc) is 3.09. The summed E-state index contributed by atoms with van der Waals surface area (Å²) >= 11 is 0. The number of hydrogen-bond acceptors (Lipinski definition) is 4. The lowest BCUT2D eigenvalue weighted by Gasteiger charge is -2.29. The number of halogens is 1. The van der Waals surface area contributed by atoms with E-state index in [9.17, 15) is 14.0 Å². The smallest absolute Gasteiger partial charge is 0.273 e. The van der Waals surface area contributed by atoms with Crippen LogP contribution in [0.3, 0.4) is 0 Å². The van der Waals surface area contributed by atoms with E-state index in [1.54, 1.807) is 22.9 Å². The molecule has 0 aliphatic heterocycles. The third kappa shape index (κ3) is 5.07. The Bertz CT molecular complexity index is 1140. The van der Waals surface area contributed by atoms with E-state index in [1.807, 2.05) is 45.0 Å². The Hall–Kier alpha value is -3.73. The highest BCUT2D eigenvalue weighted by Crippen LogP contribution is 2.23. The summed E-state index contributed by atoms with van der Waals surface area (Å²) in [6, 6.07) is 14.4. The summed E-state index contributed by atoms with van der Waals surface area (Å²) in [5, 5.41) is 19.1. The third-order valence-corrected chi connectivity index (χ3v) is 4.86. The molecule has 0 saturated carbocycles. The number of amides is 2. The maximum Gasteiger partial charge on any atom is 0.273 e. The Morgan fingerprint density at radius 1 is 1.16 bits per heavy atom. The first-order valence-electron chi connectivity index (χ1n) is 9.86. The standard InChI is InChI=1S/C23H24FN5O2/c1-23(2,3)20(22(31)26-13-12-25)27-21(30)19-17-6-4-5-7-18(17)29(28-19)14-15-8-10-16(24)11-9-15/h4-11,20H,13-14H2,1-3H3,(H,26,31)(H,27,30)/t20-/m1/s1. The fourth-order valence-corrected chi connectivity index (χ4v) is 3.28. The van der Waals surface area contributed by atoms with Crippen molar-refractivity contribution in [3.63, 3.8) is 0 Å². The quantitative estimate of drug-likeness (QED) is 0.598. The molecule has 160 valence electrons. The number of aromatic nitrogens is 2. The van der Waals surface area contributed by atoms with Crippen molar-refractivity contribution in [2.45, 2.75) is 33.4 Å². The average molecular weight is 421 g/mol. The van der Waals surface area contributed by atoms with Gasteiger partial charge in [0.25, 0.3) is 5.91 Å². The van der Waals surface area contributed by atoms with E-state index in [4.69, 9.17) is 5.26 Å². The van der Waals surface area contributed by atoms with Crippen LogP contribution in [0.5, 0.6) is 0 Å². The Balaban J connectivity index is 1.92. The van der Waals surface area contributed by atoms with Gasteiger partial charge in [0.2, 0.25) is 5.91 Å². The molecule has 2 amide bonds. The fourth-order valence-electron chi connectivity index (χ4n) is 3.28. The number of nitriles is 1. The molecule has 31 heavy (non-hydrogen) atoms. The van der Waals surface area contributed by atoms with Crippen LogP contribution in [0, 0.1) is 22.6 Å². The Morgan fingerprint density at radius 3 is 2.48 bits per heavy atom. The first-order chi connectivity index (χ1) is 14.7. The maximum atomic E-state index is 13.2. The predicted molar refractivity (Wildman–Crippen MR) is 115 cm³/mol. The Kier molecular flexibility index (Phi) is 6.35. The van der Waals surface area contributed by atoms with Gasteiger partial charge in [-0.05, 0) is 29.2 Å². The van der Waals surface area contributed by atoms with E-state index < -0.39 is 23.3 Å². The number of hydrogen-bond donors (Lipinski definition) is 2. The molecule has 0 unspecified atom stereocenters. The van der Waals surface area contributed by atoms with E-state index in [1.165, 1.54) is 12.1 Å². The van der Waals surface area contributed by atoms with E-state index >= 15 is 0 Å². The van der Waals surface area contributed by atoms with Crippen molar-refractivity contribution in [2.24, 2.45) is 5.41 Å². The van der Waals surface area contributed by atoms with E-state index in [0.717, 1.165) is 11.1 Å². The normalized spacial score (nSPS) is 12.2. The minimum Gasteiger partial charge on any atom is -0.341 e. The van der Waals surface area contributed by atoms with Crippen LogP contribution in [0.25, 0.3) is 10.9 Å². The van der Waals surface area contributed by atoms with Crippen LogP contribution in [0.2, 0.25) is 0 Å². The summed E-state index contributed by atoms with van der Waals surface area (Å²) in [7, 11) is 0. The van der Waals surface area contributed by atoms with Crippen molar-refractivity contribution in [3.05, 3.63) is 65.6 Å². The summed E-state index contributed by atoms with van der Waals surface area (Å²) in [4.78, 5) is 25.6. The van der Waals surface area contributed by atoms with E-state index in [-0.39, 0.29) is 18.1 Å². The topological polar surface area (TPSA) is 99.8 Å².